The summed E-state index contributed by atoms with van der Waals surface area (Å²) in [7, 11) is -3.80. The lowest BCUT2D eigenvalue weighted by Gasteiger charge is -2.11. The van der Waals surface area contributed by atoms with E-state index < -0.39 is 10.0 Å². The highest BCUT2D eigenvalue weighted by Gasteiger charge is 2.19. The molecule has 19 heavy (non-hydrogen) atoms. The molecule has 4 N–H and O–H groups in total. The van der Waals surface area contributed by atoms with Crippen molar-refractivity contribution >= 4 is 21.5 Å². The zero-order chi connectivity index (χ0) is 13.9. The fourth-order valence-electron chi connectivity index (χ4n) is 1.49. The Hall–Kier alpha value is -2.19. The molecular weight excluding hydrogens is 266 g/mol. The first-order chi connectivity index (χ1) is 9.04. The fourth-order valence-corrected chi connectivity index (χ4v) is 2.68. The van der Waals surface area contributed by atoms with Gasteiger partial charge in [-0.1, -0.05) is 6.07 Å². The molecule has 0 atom stereocenters. The molecule has 2 rings (SSSR count). The maximum absolute atomic E-state index is 12.2. The molecule has 2 aromatic rings. The first-order valence-electron chi connectivity index (χ1n) is 5.39. The third-order valence-corrected chi connectivity index (χ3v) is 3.84. The molecular formula is C11H13N5O2S. The van der Waals surface area contributed by atoms with Gasteiger partial charge < -0.3 is 5.43 Å². The highest BCUT2D eigenvalue weighted by molar-refractivity contribution is 7.92. The maximum Gasteiger partial charge on any atom is 0.266 e. The Morgan fingerprint density at radius 1 is 1.26 bits per heavy atom. The Labute approximate surface area is 110 Å². The summed E-state index contributed by atoms with van der Waals surface area (Å²) < 4.78 is 26.9. The van der Waals surface area contributed by atoms with Gasteiger partial charge in [0.15, 0.2) is 0 Å². The summed E-state index contributed by atoms with van der Waals surface area (Å²) in [6, 6.07) is 4.96. The third-order valence-electron chi connectivity index (χ3n) is 2.47. The van der Waals surface area contributed by atoms with Crippen LogP contribution in [0, 0.1) is 6.92 Å². The minimum Gasteiger partial charge on any atom is -0.323 e. The van der Waals surface area contributed by atoms with Crippen LogP contribution in [0.1, 0.15) is 5.56 Å². The number of nitrogens with two attached hydrogens (primary N) is 1. The van der Waals surface area contributed by atoms with Crippen LogP contribution in [-0.4, -0.2) is 18.4 Å². The third kappa shape index (κ3) is 2.80. The molecule has 0 bridgehead atoms. The van der Waals surface area contributed by atoms with Crippen LogP contribution in [0.15, 0.2) is 41.7 Å². The van der Waals surface area contributed by atoms with E-state index in [0.717, 1.165) is 5.56 Å². The summed E-state index contributed by atoms with van der Waals surface area (Å²) in [5, 5.41) is 0. The van der Waals surface area contributed by atoms with Crippen LogP contribution in [0.3, 0.4) is 0 Å². The van der Waals surface area contributed by atoms with Crippen molar-refractivity contribution in [2.24, 2.45) is 5.84 Å². The van der Waals surface area contributed by atoms with E-state index in [1.807, 2.05) is 0 Å². The molecule has 100 valence electrons. The molecule has 0 unspecified atom stereocenters. The number of rotatable bonds is 4. The highest BCUT2D eigenvalue weighted by atomic mass is 32.2. The molecule has 8 heteroatoms. The maximum atomic E-state index is 12.2. The van der Waals surface area contributed by atoms with Crippen molar-refractivity contribution < 1.29 is 8.42 Å². The number of aryl methyl sites for hydroxylation is 1. The van der Waals surface area contributed by atoms with Crippen LogP contribution in [0.2, 0.25) is 0 Å². The molecule has 0 spiro atoms. The lowest BCUT2D eigenvalue weighted by Crippen LogP contribution is -2.18. The van der Waals surface area contributed by atoms with Crippen molar-refractivity contribution in [3.8, 4) is 0 Å². The molecule has 7 nitrogen and oxygen atoms in total. The van der Waals surface area contributed by atoms with Gasteiger partial charge in [0.05, 0.1) is 5.69 Å². The highest BCUT2D eigenvalue weighted by Crippen LogP contribution is 2.22. The van der Waals surface area contributed by atoms with Crippen LogP contribution < -0.4 is 16.0 Å². The number of pyridine rings is 2. The van der Waals surface area contributed by atoms with Gasteiger partial charge in [0.1, 0.15) is 10.7 Å². The summed E-state index contributed by atoms with van der Waals surface area (Å²) in [6.07, 6.45) is 4.17. The fraction of sp³-hybridized carbons (Fsp3) is 0.0909. The number of aromatic nitrogens is 2. The second-order valence-corrected chi connectivity index (χ2v) is 5.44. The Balaban J connectivity index is 2.41. The van der Waals surface area contributed by atoms with Gasteiger partial charge >= 0.3 is 0 Å². The lowest BCUT2D eigenvalue weighted by molar-refractivity contribution is 0.601. The first kappa shape index (κ1) is 13.2. The van der Waals surface area contributed by atoms with Gasteiger partial charge in [-0.2, -0.15) is 0 Å². The average Bonchev–Trinajstić information content (AvgIpc) is 2.41. The lowest BCUT2D eigenvalue weighted by atomic mass is 10.3. The monoisotopic (exact) mass is 279 g/mol. The van der Waals surface area contributed by atoms with Gasteiger partial charge in [-0.05, 0) is 24.6 Å². The number of hydrogen-bond acceptors (Lipinski definition) is 6. The predicted molar refractivity (Wildman–Crippen MR) is 71.8 cm³/mol. The Bertz CT molecular complexity index is 687. The largest absolute Gasteiger partial charge is 0.323 e. The van der Waals surface area contributed by atoms with Crippen LogP contribution in [0.25, 0.3) is 0 Å². The van der Waals surface area contributed by atoms with Crippen molar-refractivity contribution in [1.29, 1.82) is 0 Å². The van der Waals surface area contributed by atoms with Gasteiger partial charge in [0.25, 0.3) is 10.0 Å². The Morgan fingerprint density at radius 2 is 2.05 bits per heavy atom. The van der Waals surface area contributed by atoms with E-state index in [1.165, 1.54) is 24.7 Å². The van der Waals surface area contributed by atoms with E-state index in [1.54, 1.807) is 19.1 Å². The smallest absolute Gasteiger partial charge is 0.266 e. The van der Waals surface area contributed by atoms with Crippen molar-refractivity contribution in [3.63, 3.8) is 0 Å². The molecule has 0 aromatic carbocycles. The van der Waals surface area contributed by atoms with E-state index in [9.17, 15) is 8.42 Å². The quantitative estimate of drug-likeness (QED) is 0.566. The number of hydrazine groups is 1. The molecule has 0 saturated heterocycles. The molecule has 0 saturated carbocycles. The van der Waals surface area contributed by atoms with Gasteiger partial charge in [-0.15, -0.1) is 0 Å². The van der Waals surface area contributed by atoms with Crippen LogP contribution in [-0.2, 0) is 10.0 Å². The summed E-state index contributed by atoms with van der Waals surface area (Å²) in [5.41, 5.74) is 3.30. The van der Waals surface area contributed by atoms with Crippen molar-refractivity contribution in [2.75, 3.05) is 10.1 Å². The van der Waals surface area contributed by atoms with E-state index in [-0.39, 0.29) is 16.4 Å². The number of sulfonamides is 1. The molecule has 0 aliphatic carbocycles. The van der Waals surface area contributed by atoms with Crippen LogP contribution in [0.4, 0.5) is 11.5 Å². The number of nitrogens with one attached hydrogen (secondary N) is 2. The Morgan fingerprint density at radius 3 is 2.74 bits per heavy atom. The molecule has 0 amide bonds. The van der Waals surface area contributed by atoms with Gasteiger partial charge in [-0.3, -0.25) is 15.5 Å². The van der Waals surface area contributed by atoms with Gasteiger partial charge in [0.2, 0.25) is 0 Å². The van der Waals surface area contributed by atoms with Crippen molar-refractivity contribution in [2.45, 2.75) is 11.8 Å². The van der Waals surface area contributed by atoms with E-state index in [4.69, 9.17) is 5.84 Å². The van der Waals surface area contributed by atoms with E-state index in [0.29, 0.717) is 0 Å². The zero-order valence-electron chi connectivity index (χ0n) is 10.2. The van der Waals surface area contributed by atoms with Crippen molar-refractivity contribution in [3.05, 3.63) is 42.4 Å². The zero-order valence-corrected chi connectivity index (χ0v) is 11.0. The molecule has 2 heterocycles. The Kier molecular flexibility index (Phi) is 3.63. The summed E-state index contributed by atoms with van der Waals surface area (Å²) in [5.74, 6) is 5.56. The first-order valence-corrected chi connectivity index (χ1v) is 6.88. The SMILES string of the molecule is Cc1cccnc1NS(=O)(=O)c1cnccc1NN. The van der Waals surface area contributed by atoms with Crippen LogP contribution in [0.5, 0.6) is 0 Å². The molecule has 0 fully saturated rings. The molecule has 0 aliphatic heterocycles. The predicted octanol–water partition coefficient (Wildman–Crippen LogP) is 0.871. The second kappa shape index (κ2) is 5.21. The van der Waals surface area contributed by atoms with Crippen LogP contribution >= 0.6 is 0 Å². The van der Waals surface area contributed by atoms with E-state index in [2.05, 4.69) is 20.1 Å². The summed E-state index contributed by atoms with van der Waals surface area (Å²) >= 11 is 0. The number of hydrogen-bond donors (Lipinski definition) is 3. The number of nitrogens with zero attached hydrogens (tertiary/aromatic N) is 2. The molecule has 2 aromatic heterocycles. The molecule has 0 aliphatic rings. The topological polar surface area (TPSA) is 110 Å². The number of anilines is 2. The van der Waals surface area contributed by atoms with Gasteiger partial charge in [0, 0.05) is 18.6 Å². The minimum absolute atomic E-state index is 0.0393. The normalized spacial score (nSPS) is 11.1. The minimum atomic E-state index is -3.80. The molecule has 0 radical (unpaired) electrons. The standard InChI is InChI=1S/C11H13N5O2S/c1-8-3-2-5-14-11(8)16-19(17,18)10-7-13-6-4-9(10)15-12/h2-7H,12H2,1H3,(H,13,15)(H,14,16). The van der Waals surface area contributed by atoms with Gasteiger partial charge in [-0.25, -0.2) is 13.4 Å². The average molecular weight is 279 g/mol. The van der Waals surface area contributed by atoms with Crippen molar-refractivity contribution in [1.82, 2.24) is 9.97 Å². The second-order valence-electron chi connectivity index (χ2n) is 3.79. The summed E-state index contributed by atoms with van der Waals surface area (Å²) in [6.45, 7) is 1.76. The van der Waals surface area contributed by atoms with E-state index >= 15 is 0 Å². The number of nitrogen functional groups attached to an aromatic ring is 1. The summed E-state index contributed by atoms with van der Waals surface area (Å²) in [4.78, 5) is 7.73.